The second kappa shape index (κ2) is 16.9. The summed E-state index contributed by atoms with van der Waals surface area (Å²) >= 11 is 0. The first-order valence-electron chi connectivity index (χ1n) is 13.0. The third-order valence-electron chi connectivity index (χ3n) is 6.16. The summed E-state index contributed by atoms with van der Waals surface area (Å²) in [6.07, 6.45) is 11.9. The molecular formula is C32H54O2. The molecule has 0 aliphatic carbocycles. The molecule has 2 heteroatoms. The van der Waals surface area contributed by atoms with E-state index < -0.39 is 0 Å². The van der Waals surface area contributed by atoms with Crippen molar-refractivity contribution in [3.05, 3.63) is 70.8 Å². The van der Waals surface area contributed by atoms with E-state index in [1.165, 1.54) is 62.5 Å². The predicted molar refractivity (Wildman–Crippen MR) is 150 cm³/mol. The summed E-state index contributed by atoms with van der Waals surface area (Å²) in [5.74, 6) is 0. The van der Waals surface area contributed by atoms with Gasteiger partial charge in [-0.3, -0.25) is 0 Å². The fraction of sp³-hybridized carbons (Fsp3) is 0.625. The van der Waals surface area contributed by atoms with Crippen LogP contribution in [0.2, 0.25) is 0 Å². The van der Waals surface area contributed by atoms with Gasteiger partial charge in [0.15, 0.2) is 0 Å². The number of benzene rings is 2. The molecule has 0 unspecified atom stereocenters. The average Bonchev–Trinajstić information content (AvgIpc) is 2.78. The molecule has 0 aliphatic heterocycles. The van der Waals surface area contributed by atoms with Crippen molar-refractivity contribution in [2.24, 2.45) is 5.41 Å². The van der Waals surface area contributed by atoms with Crippen LogP contribution < -0.4 is 0 Å². The van der Waals surface area contributed by atoms with Crippen molar-refractivity contribution < 1.29 is 10.2 Å². The molecule has 0 saturated carbocycles. The van der Waals surface area contributed by atoms with E-state index in [9.17, 15) is 0 Å². The summed E-state index contributed by atoms with van der Waals surface area (Å²) in [6.45, 7) is 13.9. The van der Waals surface area contributed by atoms with E-state index >= 15 is 0 Å². The van der Waals surface area contributed by atoms with Gasteiger partial charge >= 0.3 is 0 Å². The van der Waals surface area contributed by atoms with E-state index in [1.807, 2.05) is 24.3 Å². The quantitative estimate of drug-likeness (QED) is 0.304. The molecule has 0 atom stereocenters. The lowest BCUT2D eigenvalue weighted by atomic mass is 9.72. The Morgan fingerprint density at radius 1 is 0.588 bits per heavy atom. The molecule has 2 aromatic carbocycles. The van der Waals surface area contributed by atoms with Crippen LogP contribution in [0.4, 0.5) is 0 Å². The number of aliphatic hydroxyl groups excluding tert-OH is 2. The largest absolute Gasteiger partial charge is 0.392 e. The van der Waals surface area contributed by atoms with Gasteiger partial charge in [-0.15, -0.1) is 0 Å². The summed E-state index contributed by atoms with van der Waals surface area (Å²) in [5, 5.41) is 18.0. The van der Waals surface area contributed by atoms with Crippen molar-refractivity contribution in [1.82, 2.24) is 0 Å². The Morgan fingerprint density at radius 3 is 1.44 bits per heavy atom. The van der Waals surface area contributed by atoms with Crippen LogP contribution >= 0.6 is 0 Å². The molecule has 194 valence electrons. The van der Waals surface area contributed by atoms with Crippen molar-refractivity contribution in [1.29, 1.82) is 0 Å². The highest BCUT2D eigenvalue weighted by Crippen LogP contribution is 2.36. The highest BCUT2D eigenvalue weighted by Gasteiger charge is 2.26. The van der Waals surface area contributed by atoms with Gasteiger partial charge in [0, 0.05) is 0 Å². The van der Waals surface area contributed by atoms with Crippen molar-refractivity contribution >= 4 is 0 Å². The zero-order valence-electron chi connectivity index (χ0n) is 22.3. The molecule has 0 aromatic heterocycles. The normalized spacial score (nSPS) is 11.4. The molecular weight excluding hydrogens is 416 g/mol. The summed E-state index contributed by atoms with van der Waals surface area (Å²) < 4.78 is 0. The minimum atomic E-state index is 0. The monoisotopic (exact) mass is 470 g/mol. The van der Waals surface area contributed by atoms with E-state index in [4.69, 9.17) is 10.2 Å². The van der Waals surface area contributed by atoms with E-state index in [-0.39, 0.29) is 26.1 Å². The van der Waals surface area contributed by atoms with Crippen LogP contribution in [-0.4, -0.2) is 10.2 Å². The van der Waals surface area contributed by atoms with Gasteiger partial charge < -0.3 is 10.2 Å². The second-order valence-electron chi connectivity index (χ2n) is 11.3. The molecule has 0 bridgehead atoms. The van der Waals surface area contributed by atoms with Gasteiger partial charge in [-0.25, -0.2) is 0 Å². The van der Waals surface area contributed by atoms with Crippen LogP contribution in [-0.2, 0) is 25.0 Å². The molecule has 0 spiro atoms. The second-order valence-corrected chi connectivity index (χ2v) is 11.3. The van der Waals surface area contributed by atoms with Crippen molar-refractivity contribution in [2.45, 2.75) is 125 Å². The molecule has 2 rings (SSSR count). The number of unbranched alkanes of at least 4 members (excludes halogenated alkanes) is 6. The summed E-state index contributed by atoms with van der Waals surface area (Å²) in [5.41, 5.74) is 5.25. The predicted octanol–water partition coefficient (Wildman–Crippen LogP) is 9.00. The van der Waals surface area contributed by atoms with Crippen molar-refractivity contribution in [3.63, 3.8) is 0 Å². The van der Waals surface area contributed by atoms with E-state index in [2.05, 4.69) is 65.8 Å². The van der Waals surface area contributed by atoms with Gasteiger partial charge in [0.2, 0.25) is 0 Å². The van der Waals surface area contributed by atoms with Gasteiger partial charge in [0.25, 0.3) is 0 Å². The van der Waals surface area contributed by atoms with Gasteiger partial charge in [0.05, 0.1) is 13.2 Å². The molecule has 0 saturated heterocycles. The van der Waals surface area contributed by atoms with Crippen LogP contribution in [0.3, 0.4) is 0 Å². The molecule has 0 aliphatic rings. The number of aliphatic hydroxyl groups is 2. The molecule has 0 fully saturated rings. The number of hydrogen-bond donors (Lipinski definition) is 2. The lowest BCUT2D eigenvalue weighted by Gasteiger charge is -2.33. The zero-order chi connectivity index (χ0) is 24.7. The lowest BCUT2D eigenvalue weighted by Crippen LogP contribution is -2.24. The lowest BCUT2D eigenvalue weighted by molar-refractivity contribution is 0.279. The van der Waals surface area contributed by atoms with E-state index in [0.717, 1.165) is 17.5 Å². The molecule has 2 nitrogen and oxygen atoms in total. The number of aryl methyl sites for hydroxylation is 1. The third kappa shape index (κ3) is 13.9. The molecule has 0 radical (unpaired) electrons. The summed E-state index contributed by atoms with van der Waals surface area (Å²) in [4.78, 5) is 0. The molecule has 34 heavy (non-hydrogen) atoms. The Kier molecular flexibility index (Phi) is 16.1. The van der Waals surface area contributed by atoms with Crippen LogP contribution in [0.15, 0.2) is 48.5 Å². The number of hydrogen-bond acceptors (Lipinski definition) is 2. The maximum absolute atomic E-state index is 9.02. The van der Waals surface area contributed by atoms with Crippen LogP contribution in [0.1, 0.15) is 123 Å². The Morgan fingerprint density at radius 2 is 1.00 bits per heavy atom. The zero-order valence-corrected chi connectivity index (χ0v) is 22.3. The van der Waals surface area contributed by atoms with Gasteiger partial charge in [-0.2, -0.15) is 0 Å². The minimum Gasteiger partial charge on any atom is -0.392 e. The van der Waals surface area contributed by atoms with E-state index in [0.29, 0.717) is 5.41 Å². The van der Waals surface area contributed by atoms with Crippen LogP contribution in [0, 0.1) is 5.41 Å². The van der Waals surface area contributed by atoms with Crippen molar-refractivity contribution in [3.8, 4) is 0 Å². The van der Waals surface area contributed by atoms with Crippen LogP contribution in [0.25, 0.3) is 0 Å². The van der Waals surface area contributed by atoms with Crippen LogP contribution in [0.5, 0.6) is 0 Å². The van der Waals surface area contributed by atoms with Gasteiger partial charge in [-0.1, -0.05) is 136 Å². The maximum Gasteiger partial charge on any atom is 0.0681 e. The molecule has 0 heterocycles. The Hall–Kier alpha value is -1.64. The van der Waals surface area contributed by atoms with E-state index in [1.54, 1.807) is 0 Å². The standard InChI is InChI=1S/C16H26O.C15H24O.CH4/c1-2-3-4-5-6-7-8-9-15-10-12-16(14-17)13-11-15;1-14(2,3)11-15(4,5)13-8-6-12(10-16)7-9-13;/h10-13,17H,2-9,14H2,1H3;6-9,16H,10-11H2,1-5H3;1H4. The maximum atomic E-state index is 9.02. The fourth-order valence-corrected chi connectivity index (χ4v) is 4.59. The SMILES string of the molecule is C.CC(C)(C)CC(C)(C)c1ccc(CO)cc1.CCCCCCCCCc1ccc(CO)cc1. The fourth-order valence-electron chi connectivity index (χ4n) is 4.59. The average molecular weight is 471 g/mol. The first-order chi connectivity index (χ1) is 15.6. The third-order valence-corrected chi connectivity index (χ3v) is 6.16. The van der Waals surface area contributed by atoms with Gasteiger partial charge in [0.1, 0.15) is 0 Å². The molecule has 2 N–H and O–H groups in total. The highest BCUT2D eigenvalue weighted by atomic mass is 16.3. The number of rotatable bonds is 12. The molecule has 0 amide bonds. The topological polar surface area (TPSA) is 40.5 Å². The summed E-state index contributed by atoms with van der Waals surface area (Å²) in [6, 6.07) is 16.6. The first-order valence-corrected chi connectivity index (χ1v) is 13.0. The van der Waals surface area contributed by atoms with Gasteiger partial charge in [-0.05, 0) is 52.3 Å². The highest BCUT2D eigenvalue weighted by molar-refractivity contribution is 5.28. The molecule has 2 aromatic rings. The Balaban J connectivity index is 0.000000623. The minimum absolute atomic E-state index is 0. The Bertz CT molecular complexity index is 736. The first kappa shape index (κ1) is 32.4. The van der Waals surface area contributed by atoms with Crippen molar-refractivity contribution in [2.75, 3.05) is 0 Å². The smallest absolute Gasteiger partial charge is 0.0681 e. The Labute approximate surface area is 211 Å². The summed E-state index contributed by atoms with van der Waals surface area (Å²) in [7, 11) is 0.